The lowest BCUT2D eigenvalue weighted by Crippen LogP contribution is -2.41. The smallest absolute Gasteiger partial charge is 0.223 e. The summed E-state index contributed by atoms with van der Waals surface area (Å²) in [5.74, 6) is 0.187. The summed E-state index contributed by atoms with van der Waals surface area (Å²) in [6.45, 7) is 5.36. The molecule has 0 aromatic carbocycles. The molecular weight excluding hydrogens is 192 g/mol. The van der Waals surface area contributed by atoms with Gasteiger partial charge in [-0.3, -0.25) is 4.79 Å². The molecule has 1 aliphatic heterocycles. The van der Waals surface area contributed by atoms with Gasteiger partial charge in [0.15, 0.2) is 0 Å². The summed E-state index contributed by atoms with van der Waals surface area (Å²) in [5.41, 5.74) is 5.41. The van der Waals surface area contributed by atoms with Crippen LogP contribution < -0.4 is 11.1 Å². The number of carbonyl (C=O) groups excluding carboxylic acids is 1. The summed E-state index contributed by atoms with van der Waals surface area (Å²) in [4.78, 5) is 11.7. The molecule has 1 saturated heterocycles. The van der Waals surface area contributed by atoms with Gasteiger partial charge in [0.25, 0.3) is 0 Å². The van der Waals surface area contributed by atoms with Crippen LogP contribution in [-0.4, -0.2) is 31.2 Å². The second kappa shape index (κ2) is 6.08. The van der Waals surface area contributed by atoms with Crippen molar-refractivity contribution in [3.63, 3.8) is 0 Å². The van der Waals surface area contributed by atoms with Crippen LogP contribution in [0.4, 0.5) is 0 Å². The Morgan fingerprint density at radius 3 is 2.93 bits per heavy atom. The van der Waals surface area contributed by atoms with E-state index in [1.807, 2.05) is 13.8 Å². The largest absolute Gasteiger partial charge is 0.376 e. The predicted molar refractivity (Wildman–Crippen MR) is 59.4 cm³/mol. The van der Waals surface area contributed by atoms with Crippen molar-refractivity contribution in [2.45, 2.75) is 45.3 Å². The van der Waals surface area contributed by atoms with Crippen molar-refractivity contribution in [1.29, 1.82) is 0 Å². The Morgan fingerprint density at radius 1 is 1.67 bits per heavy atom. The van der Waals surface area contributed by atoms with Gasteiger partial charge in [0.1, 0.15) is 0 Å². The topological polar surface area (TPSA) is 64.4 Å². The summed E-state index contributed by atoms with van der Waals surface area (Å²) in [7, 11) is 0. The molecule has 0 radical (unpaired) electrons. The van der Waals surface area contributed by atoms with Gasteiger partial charge in [0.05, 0.1) is 12.1 Å². The highest BCUT2D eigenvalue weighted by Crippen LogP contribution is 2.14. The molecule has 3 N–H and O–H groups in total. The first-order chi connectivity index (χ1) is 7.15. The van der Waals surface area contributed by atoms with E-state index >= 15 is 0 Å². The van der Waals surface area contributed by atoms with Crippen molar-refractivity contribution in [2.24, 2.45) is 11.7 Å². The fourth-order valence-electron chi connectivity index (χ4n) is 1.80. The SMILES string of the molecule is CC(CCCN)C(=O)NC1CCOC1C. The molecule has 1 amide bonds. The Bertz CT molecular complexity index is 209. The molecule has 3 unspecified atom stereocenters. The van der Waals surface area contributed by atoms with Crippen molar-refractivity contribution in [3.8, 4) is 0 Å². The molecule has 1 heterocycles. The van der Waals surface area contributed by atoms with Gasteiger partial charge in [-0.25, -0.2) is 0 Å². The molecule has 3 atom stereocenters. The second-order valence-electron chi connectivity index (χ2n) is 4.31. The molecule has 0 bridgehead atoms. The molecule has 0 aromatic rings. The van der Waals surface area contributed by atoms with Gasteiger partial charge in [-0.1, -0.05) is 6.92 Å². The lowest BCUT2D eigenvalue weighted by atomic mass is 10.0. The van der Waals surface area contributed by atoms with Gasteiger partial charge in [-0.15, -0.1) is 0 Å². The minimum Gasteiger partial charge on any atom is -0.376 e. The van der Waals surface area contributed by atoms with Crippen molar-refractivity contribution >= 4 is 5.91 Å². The highest BCUT2D eigenvalue weighted by molar-refractivity contribution is 5.78. The fraction of sp³-hybridized carbons (Fsp3) is 0.909. The molecule has 88 valence electrons. The zero-order valence-corrected chi connectivity index (χ0v) is 9.66. The summed E-state index contributed by atoms with van der Waals surface area (Å²) in [6, 6.07) is 0.192. The van der Waals surface area contributed by atoms with Crippen molar-refractivity contribution in [3.05, 3.63) is 0 Å². The van der Waals surface area contributed by atoms with Crippen molar-refractivity contribution < 1.29 is 9.53 Å². The van der Waals surface area contributed by atoms with E-state index in [1.165, 1.54) is 0 Å². The minimum atomic E-state index is 0.0568. The van der Waals surface area contributed by atoms with Crippen LogP contribution in [0.1, 0.15) is 33.1 Å². The number of hydrogen-bond donors (Lipinski definition) is 2. The van der Waals surface area contributed by atoms with E-state index < -0.39 is 0 Å². The highest BCUT2D eigenvalue weighted by Gasteiger charge is 2.26. The van der Waals surface area contributed by atoms with Crippen LogP contribution in [-0.2, 0) is 9.53 Å². The summed E-state index contributed by atoms with van der Waals surface area (Å²) >= 11 is 0. The van der Waals surface area contributed by atoms with E-state index in [4.69, 9.17) is 10.5 Å². The number of carbonyl (C=O) groups is 1. The van der Waals surface area contributed by atoms with E-state index in [2.05, 4.69) is 5.32 Å². The number of hydrogen-bond acceptors (Lipinski definition) is 3. The van der Waals surface area contributed by atoms with E-state index in [9.17, 15) is 4.79 Å². The Balaban J connectivity index is 2.27. The lowest BCUT2D eigenvalue weighted by Gasteiger charge is -2.19. The molecule has 1 fully saturated rings. The number of amides is 1. The van der Waals surface area contributed by atoms with Crippen LogP contribution in [0.15, 0.2) is 0 Å². The maximum absolute atomic E-state index is 11.7. The first-order valence-corrected chi connectivity index (χ1v) is 5.77. The Hall–Kier alpha value is -0.610. The minimum absolute atomic E-state index is 0.0568. The van der Waals surface area contributed by atoms with Crippen LogP contribution in [0, 0.1) is 5.92 Å². The first kappa shape index (κ1) is 12.5. The second-order valence-corrected chi connectivity index (χ2v) is 4.31. The fourth-order valence-corrected chi connectivity index (χ4v) is 1.80. The lowest BCUT2D eigenvalue weighted by molar-refractivity contribution is -0.125. The third kappa shape index (κ3) is 3.80. The van der Waals surface area contributed by atoms with Gasteiger partial charge in [0.2, 0.25) is 5.91 Å². The third-order valence-electron chi connectivity index (χ3n) is 2.99. The Kier molecular flexibility index (Phi) is 5.05. The van der Waals surface area contributed by atoms with Crippen LogP contribution in [0.2, 0.25) is 0 Å². The van der Waals surface area contributed by atoms with E-state index in [0.717, 1.165) is 25.9 Å². The van der Waals surface area contributed by atoms with Crippen LogP contribution in [0.5, 0.6) is 0 Å². The molecule has 15 heavy (non-hydrogen) atoms. The maximum Gasteiger partial charge on any atom is 0.223 e. The average Bonchev–Trinajstić information content (AvgIpc) is 2.61. The van der Waals surface area contributed by atoms with Crippen LogP contribution in [0.3, 0.4) is 0 Å². The van der Waals surface area contributed by atoms with Crippen LogP contribution in [0.25, 0.3) is 0 Å². The average molecular weight is 214 g/mol. The number of nitrogens with two attached hydrogens (primary N) is 1. The van der Waals surface area contributed by atoms with E-state index in [0.29, 0.717) is 6.54 Å². The molecule has 0 spiro atoms. The number of ether oxygens (including phenoxy) is 1. The van der Waals surface area contributed by atoms with E-state index in [1.54, 1.807) is 0 Å². The van der Waals surface area contributed by atoms with Crippen molar-refractivity contribution in [2.75, 3.05) is 13.2 Å². The van der Waals surface area contributed by atoms with E-state index in [-0.39, 0.29) is 24.0 Å². The standard InChI is InChI=1S/C11H22N2O2/c1-8(4-3-6-12)11(14)13-10-5-7-15-9(10)2/h8-10H,3-7,12H2,1-2H3,(H,13,14). The van der Waals surface area contributed by atoms with Gasteiger partial charge < -0.3 is 15.8 Å². The zero-order valence-electron chi connectivity index (χ0n) is 9.66. The molecule has 4 nitrogen and oxygen atoms in total. The van der Waals surface area contributed by atoms with Gasteiger partial charge in [-0.2, -0.15) is 0 Å². The van der Waals surface area contributed by atoms with Crippen molar-refractivity contribution in [1.82, 2.24) is 5.32 Å². The normalized spacial score (nSPS) is 27.7. The van der Waals surface area contributed by atoms with Gasteiger partial charge in [-0.05, 0) is 32.7 Å². The number of rotatable bonds is 5. The molecule has 4 heteroatoms. The molecule has 1 aliphatic rings. The maximum atomic E-state index is 11.7. The first-order valence-electron chi connectivity index (χ1n) is 5.77. The third-order valence-corrected chi connectivity index (χ3v) is 2.99. The molecular formula is C11H22N2O2. The highest BCUT2D eigenvalue weighted by atomic mass is 16.5. The summed E-state index contributed by atoms with van der Waals surface area (Å²) < 4.78 is 5.39. The number of nitrogens with one attached hydrogen (secondary N) is 1. The van der Waals surface area contributed by atoms with Crippen LogP contribution >= 0.6 is 0 Å². The quantitative estimate of drug-likeness (QED) is 0.706. The summed E-state index contributed by atoms with van der Waals surface area (Å²) in [6.07, 6.45) is 2.85. The molecule has 1 rings (SSSR count). The Morgan fingerprint density at radius 2 is 2.40 bits per heavy atom. The molecule has 0 aliphatic carbocycles. The molecule has 0 aromatic heterocycles. The monoisotopic (exact) mass is 214 g/mol. The Labute approximate surface area is 91.5 Å². The zero-order chi connectivity index (χ0) is 11.3. The molecule has 0 saturated carbocycles. The van der Waals surface area contributed by atoms with Gasteiger partial charge in [0, 0.05) is 12.5 Å². The summed E-state index contributed by atoms with van der Waals surface area (Å²) in [5, 5.41) is 3.03. The van der Waals surface area contributed by atoms with Gasteiger partial charge >= 0.3 is 0 Å². The predicted octanol–water partition coefficient (Wildman–Crippen LogP) is 0.655.